The number of benzene rings is 2. The zero-order valence-electron chi connectivity index (χ0n) is 18.6. The molecule has 0 fully saturated rings. The van der Waals surface area contributed by atoms with Crippen LogP contribution in [0.4, 0.5) is 5.69 Å². The summed E-state index contributed by atoms with van der Waals surface area (Å²) in [5.41, 5.74) is 6.71. The van der Waals surface area contributed by atoms with Gasteiger partial charge >= 0.3 is 11.9 Å². The molecule has 1 aliphatic rings. The van der Waals surface area contributed by atoms with E-state index in [0.717, 1.165) is 19.1 Å². The minimum Gasteiger partial charge on any atom is -0.504 e. The first kappa shape index (κ1) is 25.0. The number of aromatic hydroxyl groups is 1. The molecule has 1 aliphatic heterocycles. The zero-order chi connectivity index (χ0) is 25.2. The van der Waals surface area contributed by atoms with Crippen molar-refractivity contribution >= 4 is 40.8 Å². The van der Waals surface area contributed by atoms with Gasteiger partial charge in [-0.25, -0.2) is 9.59 Å². The fourth-order valence-electron chi connectivity index (χ4n) is 3.89. The number of nitriles is 1. The summed E-state index contributed by atoms with van der Waals surface area (Å²) in [5.74, 6) is -3.52. The lowest BCUT2D eigenvalue weighted by atomic mass is 9.81. The van der Waals surface area contributed by atoms with Gasteiger partial charge in [0, 0.05) is 5.02 Å². The van der Waals surface area contributed by atoms with Crippen LogP contribution >= 0.6 is 23.2 Å². The van der Waals surface area contributed by atoms with E-state index in [9.17, 15) is 20.0 Å². The maximum absolute atomic E-state index is 13.1. The maximum atomic E-state index is 13.1. The molecule has 1 heterocycles. The number of nitrogens with zero attached hydrogens (tertiary/aromatic N) is 2. The smallest absolute Gasteiger partial charge is 0.355 e. The van der Waals surface area contributed by atoms with E-state index >= 15 is 0 Å². The number of rotatable bonds is 5. The third-order valence-corrected chi connectivity index (χ3v) is 6.22. The number of anilines is 1. The highest BCUT2D eigenvalue weighted by Gasteiger charge is 2.44. The Morgan fingerprint density at radius 1 is 1.18 bits per heavy atom. The Kier molecular flexibility index (Phi) is 7.40. The van der Waals surface area contributed by atoms with E-state index in [2.05, 4.69) is 0 Å². The van der Waals surface area contributed by atoms with Gasteiger partial charge in [-0.3, -0.25) is 4.90 Å². The Hall–Kier alpha value is -3.67. The first-order valence-electron chi connectivity index (χ1n) is 10.1. The normalized spacial score (nSPS) is 15.8. The number of halogens is 2. The number of carbonyl (C=O) groups is 2. The Labute approximate surface area is 206 Å². The highest BCUT2D eigenvalue weighted by molar-refractivity contribution is 6.37. The summed E-state index contributed by atoms with van der Waals surface area (Å²) >= 11 is 12.7. The van der Waals surface area contributed by atoms with Crippen molar-refractivity contribution in [1.29, 1.82) is 5.26 Å². The fourth-order valence-corrected chi connectivity index (χ4v) is 4.61. The van der Waals surface area contributed by atoms with Crippen LogP contribution < -0.4 is 10.6 Å². The Morgan fingerprint density at radius 2 is 1.79 bits per heavy atom. The summed E-state index contributed by atoms with van der Waals surface area (Å²) in [5, 5.41) is 21.1. The van der Waals surface area contributed by atoms with Gasteiger partial charge in [0.15, 0.2) is 5.75 Å². The number of hydrogen-bond acceptors (Lipinski definition) is 8. The van der Waals surface area contributed by atoms with Crippen molar-refractivity contribution in [3.63, 3.8) is 0 Å². The number of esters is 2. The van der Waals surface area contributed by atoms with Crippen LogP contribution in [-0.2, 0) is 25.5 Å². The van der Waals surface area contributed by atoms with Gasteiger partial charge in [-0.1, -0.05) is 60.5 Å². The van der Waals surface area contributed by atoms with Crippen molar-refractivity contribution in [2.75, 3.05) is 19.1 Å². The summed E-state index contributed by atoms with van der Waals surface area (Å²) in [6, 6.07) is 11.9. The third-order valence-electron chi connectivity index (χ3n) is 5.47. The average molecular weight is 502 g/mol. The number of phenolic OH excluding ortho intramolecular Hbond substituents is 1. The van der Waals surface area contributed by atoms with Crippen molar-refractivity contribution in [2.45, 2.75) is 19.3 Å². The molecule has 1 unspecified atom stereocenters. The lowest BCUT2D eigenvalue weighted by Gasteiger charge is -2.36. The quantitative estimate of drug-likeness (QED) is 0.584. The van der Waals surface area contributed by atoms with E-state index in [4.69, 9.17) is 38.4 Å². The van der Waals surface area contributed by atoms with Crippen LogP contribution in [0.1, 0.15) is 24.0 Å². The molecule has 0 saturated heterocycles. The lowest BCUT2D eigenvalue weighted by Crippen LogP contribution is -2.40. The van der Waals surface area contributed by atoms with Gasteiger partial charge in [0.05, 0.1) is 48.1 Å². The molecule has 0 aliphatic carbocycles. The van der Waals surface area contributed by atoms with Crippen molar-refractivity contribution < 1.29 is 24.2 Å². The average Bonchev–Trinajstić information content (AvgIpc) is 2.85. The molecule has 0 amide bonds. The first-order chi connectivity index (χ1) is 16.2. The van der Waals surface area contributed by atoms with E-state index in [-0.39, 0.29) is 38.4 Å². The summed E-state index contributed by atoms with van der Waals surface area (Å²) in [6.07, 6.45) is 0.420. The summed E-state index contributed by atoms with van der Waals surface area (Å²) < 4.78 is 9.93. The van der Waals surface area contributed by atoms with E-state index in [1.54, 1.807) is 37.3 Å². The zero-order valence-corrected chi connectivity index (χ0v) is 20.1. The monoisotopic (exact) mass is 501 g/mol. The van der Waals surface area contributed by atoms with E-state index in [1.165, 1.54) is 6.07 Å². The van der Waals surface area contributed by atoms with Gasteiger partial charge in [0.25, 0.3) is 0 Å². The number of hydrogen-bond donors (Lipinski definition) is 2. The van der Waals surface area contributed by atoms with Crippen molar-refractivity contribution in [3.05, 3.63) is 80.2 Å². The second-order valence-electron chi connectivity index (χ2n) is 7.21. The van der Waals surface area contributed by atoms with Gasteiger partial charge in [-0.2, -0.15) is 5.26 Å². The second kappa shape index (κ2) is 10.1. The van der Waals surface area contributed by atoms with Crippen molar-refractivity contribution in [3.8, 4) is 11.8 Å². The third kappa shape index (κ3) is 4.04. The van der Waals surface area contributed by atoms with Crippen molar-refractivity contribution in [2.24, 2.45) is 5.73 Å². The lowest BCUT2D eigenvalue weighted by molar-refractivity contribution is -0.139. The number of allylic oxidation sites excluding steroid dienone is 1. The highest BCUT2D eigenvalue weighted by atomic mass is 35.5. The molecule has 10 heteroatoms. The molecule has 2 aromatic rings. The Balaban J connectivity index is 2.48. The number of carbonyl (C=O) groups excluding carboxylic acids is 2. The van der Waals surface area contributed by atoms with E-state index < -0.39 is 23.6 Å². The molecule has 3 N–H and O–H groups in total. The molecule has 1 atom stereocenters. The Morgan fingerprint density at radius 3 is 2.32 bits per heavy atom. The number of phenols is 1. The first-order valence-corrected chi connectivity index (χ1v) is 10.8. The van der Waals surface area contributed by atoms with E-state index in [1.807, 2.05) is 6.07 Å². The van der Waals surface area contributed by atoms with Gasteiger partial charge < -0.3 is 20.3 Å². The van der Waals surface area contributed by atoms with Crippen LogP contribution in [0, 0.1) is 11.3 Å². The largest absolute Gasteiger partial charge is 0.504 e. The molecule has 0 saturated carbocycles. The van der Waals surface area contributed by atoms with Crippen LogP contribution in [-0.4, -0.2) is 31.3 Å². The number of nitrogens with two attached hydrogens (primary N) is 1. The molecule has 176 valence electrons. The second-order valence-corrected chi connectivity index (χ2v) is 7.99. The van der Waals surface area contributed by atoms with Gasteiger partial charge in [0.2, 0.25) is 0 Å². The van der Waals surface area contributed by atoms with Crippen LogP contribution in [0.3, 0.4) is 0 Å². The molecule has 2 aromatic carbocycles. The molecule has 0 aromatic heterocycles. The summed E-state index contributed by atoms with van der Waals surface area (Å²) in [6.45, 7) is 1.80. The van der Waals surface area contributed by atoms with Gasteiger partial charge in [-0.05, 0) is 23.6 Å². The molecule has 0 bridgehead atoms. The van der Waals surface area contributed by atoms with Crippen LogP contribution in [0.15, 0.2) is 59.1 Å². The molecule has 34 heavy (non-hydrogen) atoms. The van der Waals surface area contributed by atoms with Crippen LogP contribution in [0.25, 0.3) is 0 Å². The van der Waals surface area contributed by atoms with Gasteiger partial charge in [0.1, 0.15) is 11.5 Å². The molecule has 0 spiro atoms. The highest BCUT2D eigenvalue weighted by Crippen LogP contribution is 2.48. The van der Waals surface area contributed by atoms with Crippen LogP contribution in [0.5, 0.6) is 5.75 Å². The SMILES string of the molecule is CCc1c(Cl)cc(N2C(N)=C(C#N)C(c3ccccc3)C(C(=O)OC)=C2C(=O)OC)c(O)c1Cl. The molecular weight excluding hydrogens is 481 g/mol. The fraction of sp³-hybridized carbons (Fsp3) is 0.208. The summed E-state index contributed by atoms with van der Waals surface area (Å²) in [7, 11) is 2.27. The number of methoxy groups -OCH3 is 2. The van der Waals surface area contributed by atoms with Crippen LogP contribution in [0.2, 0.25) is 10.0 Å². The molecular formula is C24H21Cl2N3O5. The topological polar surface area (TPSA) is 126 Å². The van der Waals surface area contributed by atoms with Crippen molar-refractivity contribution in [1.82, 2.24) is 0 Å². The summed E-state index contributed by atoms with van der Waals surface area (Å²) in [4.78, 5) is 27.2. The predicted octanol–water partition coefficient (Wildman–Crippen LogP) is 4.16. The van der Waals surface area contributed by atoms with E-state index in [0.29, 0.717) is 17.5 Å². The molecule has 8 nitrogen and oxygen atoms in total. The van der Waals surface area contributed by atoms with Gasteiger partial charge in [-0.15, -0.1) is 0 Å². The minimum absolute atomic E-state index is 0.0505. The number of ether oxygens (including phenoxy) is 2. The standard InChI is InChI=1S/C24H21Cl2N3O5/c1-4-13-15(25)10-16(21(30)19(13)26)29-20(24(32)34-3)18(23(31)33-2)17(14(11-27)22(29)28)12-8-6-5-7-9-12/h5-10,17,30H,4,28H2,1-3H3. The maximum Gasteiger partial charge on any atom is 0.355 e. The molecule has 3 rings (SSSR count). The predicted molar refractivity (Wildman–Crippen MR) is 127 cm³/mol. The minimum atomic E-state index is -1.04. The Bertz CT molecular complexity index is 1270. The molecule has 0 radical (unpaired) electrons.